The molecule has 0 N–H and O–H groups in total. The number of likely N-dealkylation sites (N-methyl/N-ethyl adjacent to an activating group) is 1. The Hall–Kier alpha value is -1.22. The van der Waals surface area contributed by atoms with Crippen LogP contribution in [-0.4, -0.2) is 37.2 Å². The quantitative estimate of drug-likeness (QED) is 0.780. The van der Waals surface area contributed by atoms with E-state index in [0.717, 1.165) is 18.0 Å². The van der Waals surface area contributed by atoms with E-state index in [9.17, 15) is 0 Å². The van der Waals surface area contributed by atoms with Crippen LogP contribution in [0, 0.1) is 0 Å². The standard InChI is InChI=1S/C13H19NO2/c1-10(2)14(3)8-11-9-15-12-6-4-5-7-13(12)16-11/h4-7,10-11H,8-9H2,1-3H3/t11-/m1/s1. The van der Waals surface area contributed by atoms with Gasteiger partial charge in [-0.3, -0.25) is 0 Å². The van der Waals surface area contributed by atoms with Crippen molar-refractivity contribution < 1.29 is 9.47 Å². The first-order valence-electron chi connectivity index (χ1n) is 5.75. The van der Waals surface area contributed by atoms with Gasteiger partial charge in [0.2, 0.25) is 0 Å². The Balaban J connectivity index is 1.98. The zero-order valence-electron chi connectivity index (χ0n) is 10.1. The summed E-state index contributed by atoms with van der Waals surface area (Å²) in [7, 11) is 2.11. The van der Waals surface area contributed by atoms with E-state index >= 15 is 0 Å². The van der Waals surface area contributed by atoms with Crippen molar-refractivity contribution in [2.24, 2.45) is 0 Å². The molecule has 0 saturated carbocycles. The highest BCUT2D eigenvalue weighted by Crippen LogP contribution is 2.30. The van der Waals surface area contributed by atoms with E-state index in [1.807, 2.05) is 24.3 Å². The highest BCUT2D eigenvalue weighted by Gasteiger charge is 2.22. The fourth-order valence-corrected chi connectivity index (χ4v) is 1.69. The summed E-state index contributed by atoms with van der Waals surface area (Å²) in [5.74, 6) is 1.71. The topological polar surface area (TPSA) is 21.7 Å². The van der Waals surface area contributed by atoms with Crippen LogP contribution in [-0.2, 0) is 0 Å². The molecule has 88 valence electrons. The fraction of sp³-hybridized carbons (Fsp3) is 0.538. The van der Waals surface area contributed by atoms with E-state index in [1.165, 1.54) is 0 Å². The summed E-state index contributed by atoms with van der Waals surface area (Å²) in [6, 6.07) is 8.36. The number of benzene rings is 1. The molecule has 3 nitrogen and oxygen atoms in total. The lowest BCUT2D eigenvalue weighted by molar-refractivity contribution is 0.0584. The summed E-state index contributed by atoms with van der Waals surface area (Å²) in [6.07, 6.45) is 0.127. The Kier molecular flexibility index (Phi) is 3.34. The molecule has 1 aliphatic rings. The molecule has 0 spiro atoms. The van der Waals surface area contributed by atoms with Crippen LogP contribution in [0.15, 0.2) is 24.3 Å². The highest BCUT2D eigenvalue weighted by atomic mass is 16.6. The van der Waals surface area contributed by atoms with Crippen LogP contribution in [0.2, 0.25) is 0 Å². The average Bonchev–Trinajstić information content (AvgIpc) is 2.28. The second-order valence-electron chi connectivity index (χ2n) is 4.53. The Morgan fingerprint density at radius 3 is 2.69 bits per heavy atom. The Bertz CT molecular complexity index is 352. The Morgan fingerprint density at radius 2 is 2.00 bits per heavy atom. The second kappa shape index (κ2) is 4.74. The molecule has 2 rings (SSSR count). The first-order valence-corrected chi connectivity index (χ1v) is 5.75. The fourth-order valence-electron chi connectivity index (χ4n) is 1.69. The maximum absolute atomic E-state index is 5.89. The predicted octanol–water partition coefficient (Wildman–Crippen LogP) is 2.17. The molecular formula is C13H19NO2. The smallest absolute Gasteiger partial charge is 0.161 e. The molecule has 0 saturated heterocycles. The van der Waals surface area contributed by atoms with Crippen molar-refractivity contribution in [1.82, 2.24) is 4.90 Å². The Morgan fingerprint density at radius 1 is 1.31 bits per heavy atom. The van der Waals surface area contributed by atoms with Gasteiger partial charge in [-0.15, -0.1) is 0 Å². The molecule has 0 aliphatic carbocycles. The first kappa shape index (κ1) is 11.3. The molecule has 1 aromatic rings. The summed E-state index contributed by atoms with van der Waals surface area (Å²) >= 11 is 0. The first-order chi connectivity index (χ1) is 7.66. The molecule has 3 heteroatoms. The second-order valence-corrected chi connectivity index (χ2v) is 4.53. The van der Waals surface area contributed by atoms with Crippen molar-refractivity contribution in [3.8, 4) is 11.5 Å². The lowest BCUT2D eigenvalue weighted by Crippen LogP contribution is -2.41. The SMILES string of the molecule is CC(C)N(C)C[C@@H]1COc2ccccc2O1. The van der Waals surface area contributed by atoms with Gasteiger partial charge in [-0.2, -0.15) is 0 Å². The molecule has 0 aromatic heterocycles. The van der Waals surface area contributed by atoms with Gasteiger partial charge >= 0.3 is 0 Å². The van der Waals surface area contributed by atoms with E-state index in [2.05, 4.69) is 25.8 Å². The van der Waals surface area contributed by atoms with E-state index in [0.29, 0.717) is 12.6 Å². The molecule has 1 atom stereocenters. The van der Waals surface area contributed by atoms with Crippen molar-refractivity contribution in [2.75, 3.05) is 20.2 Å². The number of hydrogen-bond donors (Lipinski definition) is 0. The molecular weight excluding hydrogens is 202 g/mol. The van der Waals surface area contributed by atoms with Gasteiger partial charge < -0.3 is 14.4 Å². The summed E-state index contributed by atoms with van der Waals surface area (Å²) in [5.41, 5.74) is 0. The number of ether oxygens (including phenoxy) is 2. The van der Waals surface area contributed by atoms with Crippen LogP contribution < -0.4 is 9.47 Å². The van der Waals surface area contributed by atoms with Gasteiger partial charge in [0.1, 0.15) is 12.7 Å². The predicted molar refractivity (Wildman–Crippen MR) is 64.1 cm³/mol. The van der Waals surface area contributed by atoms with Crippen molar-refractivity contribution >= 4 is 0 Å². The minimum absolute atomic E-state index is 0.127. The normalized spacial score (nSPS) is 19.2. The van der Waals surface area contributed by atoms with E-state index in [1.54, 1.807) is 0 Å². The number of rotatable bonds is 3. The summed E-state index contributed by atoms with van der Waals surface area (Å²) in [4.78, 5) is 2.27. The van der Waals surface area contributed by atoms with Crippen LogP contribution >= 0.6 is 0 Å². The van der Waals surface area contributed by atoms with Crippen LogP contribution in [0.1, 0.15) is 13.8 Å². The average molecular weight is 221 g/mol. The van der Waals surface area contributed by atoms with Gasteiger partial charge in [-0.25, -0.2) is 0 Å². The largest absolute Gasteiger partial charge is 0.486 e. The molecule has 0 radical (unpaired) electrons. The maximum Gasteiger partial charge on any atom is 0.161 e. The third kappa shape index (κ3) is 2.47. The molecule has 1 heterocycles. The molecule has 1 aliphatic heterocycles. The molecule has 0 fully saturated rings. The summed E-state index contributed by atoms with van der Waals surface area (Å²) in [6.45, 7) is 5.88. The van der Waals surface area contributed by atoms with Gasteiger partial charge in [0, 0.05) is 12.6 Å². The van der Waals surface area contributed by atoms with Crippen molar-refractivity contribution in [3.05, 3.63) is 24.3 Å². The van der Waals surface area contributed by atoms with Gasteiger partial charge in [0.15, 0.2) is 11.5 Å². The summed E-state index contributed by atoms with van der Waals surface area (Å²) < 4.78 is 11.6. The monoisotopic (exact) mass is 221 g/mol. The number of fused-ring (bicyclic) bond motifs is 1. The summed E-state index contributed by atoms with van der Waals surface area (Å²) in [5, 5.41) is 0. The molecule has 0 amide bonds. The molecule has 0 unspecified atom stereocenters. The van der Waals surface area contributed by atoms with Gasteiger partial charge in [0.25, 0.3) is 0 Å². The number of hydrogen-bond acceptors (Lipinski definition) is 3. The van der Waals surface area contributed by atoms with Crippen LogP contribution in [0.5, 0.6) is 11.5 Å². The lowest BCUT2D eigenvalue weighted by Gasteiger charge is -2.31. The lowest BCUT2D eigenvalue weighted by atomic mass is 10.2. The van der Waals surface area contributed by atoms with Crippen molar-refractivity contribution in [2.45, 2.75) is 26.0 Å². The third-order valence-electron chi connectivity index (χ3n) is 2.94. The van der Waals surface area contributed by atoms with Crippen molar-refractivity contribution in [1.29, 1.82) is 0 Å². The zero-order chi connectivity index (χ0) is 11.5. The van der Waals surface area contributed by atoms with E-state index in [-0.39, 0.29) is 6.10 Å². The number of para-hydroxylation sites is 2. The minimum atomic E-state index is 0.127. The molecule has 0 bridgehead atoms. The van der Waals surface area contributed by atoms with Crippen molar-refractivity contribution in [3.63, 3.8) is 0 Å². The Labute approximate surface area is 97.0 Å². The van der Waals surface area contributed by atoms with Gasteiger partial charge in [0.05, 0.1) is 0 Å². The zero-order valence-corrected chi connectivity index (χ0v) is 10.1. The molecule has 1 aromatic carbocycles. The minimum Gasteiger partial charge on any atom is -0.486 e. The van der Waals surface area contributed by atoms with Crippen LogP contribution in [0.25, 0.3) is 0 Å². The number of nitrogens with zero attached hydrogens (tertiary/aromatic N) is 1. The van der Waals surface area contributed by atoms with E-state index in [4.69, 9.17) is 9.47 Å². The highest BCUT2D eigenvalue weighted by molar-refractivity contribution is 5.40. The maximum atomic E-state index is 5.89. The van der Waals surface area contributed by atoms with Crippen LogP contribution in [0.3, 0.4) is 0 Å². The van der Waals surface area contributed by atoms with Gasteiger partial charge in [-0.05, 0) is 33.0 Å². The van der Waals surface area contributed by atoms with E-state index < -0.39 is 0 Å². The van der Waals surface area contributed by atoms with Gasteiger partial charge in [-0.1, -0.05) is 12.1 Å². The third-order valence-corrected chi connectivity index (χ3v) is 2.94. The molecule has 16 heavy (non-hydrogen) atoms. The van der Waals surface area contributed by atoms with Crippen LogP contribution in [0.4, 0.5) is 0 Å².